The van der Waals surface area contributed by atoms with Crippen LogP contribution < -0.4 is 0 Å². The standard InChI is InChI=1S/C10H16N2O3/c1-4-14-8(3)12-9(6-7-11-12)10(13)15-5-2/h6-8H,4-5H2,1-3H3. The molecule has 1 aromatic heterocycles. The van der Waals surface area contributed by atoms with Gasteiger partial charge in [-0.25, -0.2) is 9.48 Å². The molecule has 0 saturated carbocycles. The molecule has 0 bridgehead atoms. The number of carbonyl (C=O) groups excluding carboxylic acids is 1. The van der Waals surface area contributed by atoms with Crippen molar-refractivity contribution >= 4 is 5.97 Å². The van der Waals surface area contributed by atoms with Crippen molar-refractivity contribution in [3.05, 3.63) is 18.0 Å². The first-order valence-corrected chi connectivity index (χ1v) is 5.02. The molecule has 0 saturated heterocycles. The molecule has 1 atom stereocenters. The highest BCUT2D eigenvalue weighted by Crippen LogP contribution is 2.11. The Bertz CT molecular complexity index is 322. The molecule has 15 heavy (non-hydrogen) atoms. The Morgan fingerprint density at radius 2 is 2.27 bits per heavy atom. The Kier molecular flexibility index (Phi) is 4.30. The average molecular weight is 212 g/mol. The van der Waals surface area contributed by atoms with Crippen LogP contribution in [0.4, 0.5) is 0 Å². The zero-order chi connectivity index (χ0) is 11.3. The van der Waals surface area contributed by atoms with Crippen molar-refractivity contribution in [1.29, 1.82) is 0 Å². The third kappa shape index (κ3) is 2.79. The first-order chi connectivity index (χ1) is 7.20. The lowest BCUT2D eigenvalue weighted by molar-refractivity contribution is 0.0103. The quantitative estimate of drug-likeness (QED) is 0.696. The molecule has 0 spiro atoms. The summed E-state index contributed by atoms with van der Waals surface area (Å²) < 4.78 is 11.8. The van der Waals surface area contributed by atoms with Crippen LogP contribution in [0.1, 0.15) is 37.5 Å². The minimum Gasteiger partial charge on any atom is -0.461 e. The molecule has 0 fully saturated rings. The van der Waals surface area contributed by atoms with E-state index >= 15 is 0 Å². The zero-order valence-corrected chi connectivity index (χ0v) is 9.27. The molecule has 5 heteroatoms. The normalized spacial score (nSPS) is 12.5. The number of hydrogen-bond acceptors (Lipinski definition) is 4. The second-order valence-corrected chi connectivity index (χ2v) is 2.94. The lowest BCUT2D eigenvalue weighted by Crippen LogP contribution is -2.18. The predicted molar refractivity (Wildman–Crippen MR) is 54.5 cm³/mol. The van der Waals surface area contributed by atoms with E-state index in [1.54, 1.807) is 19.2 Å². The van der Waals surface area contributed by atoms with E-state index in [0.29, 0.717) is 18.9 Å². The highest BCUT2D eigenvalue weighted by Gasteiger charge is 2.16. The second kappa shape index (κ2) is 5.50. The molecule has 0 aliphatic carbocycles. The van der Waals surface area contributed by atoms with E-state index in [1.807, 2.05) is 13.8 Å². The van der Waals surface area contributed by atoms with Crippen molar-refractivity contribution in [1.82, 2.24) is 9.78 Å². The van der Waals surface area contributed by atoms with E-state index in [1.165, 1.54) is 4.68 Å². The predicted octanol–water partition coefficient (Wildman–Crippen LogP) is 1.61. The fourth-order valence-corrected chi connectivity index (χ4v) is 1.28. The molecular formula is C10H16N2O3. The lowest BCUT2D eigenvalue weighted by atomic mass is 10.4. The van der Waals surface area contributed by atoms with Crippen molar-refractivity contribution < 1.29 is 14.3 Å². The van der Waals surface area contributed by atoms with Crippen LogP contribution in [-0.2, 0) is 9.47 Å². The van der Waals surface area contributed by atoms with Crippen molar-refractivity contribution in [2.45, 2.75) is 27.0 Å². The van der Waals surface area contributed by atoms with Gasteiger partial charge < -0.3 is 9.47 Å². The molecule has 1 rings (SSSR count). The molecule has 0 amide bonds. The van der Waals surface area contributed by atoms with Gasteiger partial charge in [0.1, 0.15) is 11.9 Å². The van der Waals surface area contributed by atoms with Crippen molar-refractivity contribution in [2.75, 3.05) is 13.2 Å². The summed E-state index contributed by atoms with van der Waals surface area (Å²) >= 11 is 0. The second-order valence-electron chi connectivity index (χ2n) is 2.94. The molecule has 0 aliphatic rings. The van der Waals surface area contributed by atoms with E-state index in [2.05, 4.69) is 5.10 Å². The SMILES string of the molecule is CCOC(=O)c1ccnn1C(C)OCC. The fraction of sp³-hybridized carbons (Fsp3) is 0.600. The van der Waals surface area contributed by atoms with Crippen molar-refractivity contribution in [3.8, 4) is 0 Å². The third-order valence-corrected chi connectivity index (χ3v) is 1.91. The number of nitrogens with zero attached hydrogens (tertiary/aromatic N) is 2. The highest BCUT2D eigenvalue weighted by molar-refractivity contribution is 5.87. The van der Waals surface area contributed by atoms with Crippen LogP contribution in [0, 0.1) is 0 Å². The van der Waals surface area contributed by atoms with Crippen molar-refractivity contribution in [2.24, 2.45) is 0 Å². The van der Waals surface area contributed by atoms with Gasteiger partial charge in [0.05, 0.1) is 6.61 Å². The van der Waals surface area contributed by atoms with Crippen LogP contribution >= 0.6 is 0 Å². The van der Waals surface area contributed by atoms with Gasteiger partial charge in [-0.3, -0.25) is 0 Å². The molecule has 1 unspecified atom stereocenters. The summed E-state index contributed by atoms with van der Waals surface area (Å²) in [6.45, 7) is 6.42. The summed E-state index contributed by atoms with van der Waals surface area (Å²) in [6, 6.07) is 1.62. The molecule has 1 heterocycles. The number of carbonyl (C=O) groups is 1. The average Bonchev–Trinajstić information content (AvgIpc) is 2.66. The van der Waals surface area contributed by atoms with Gasteiger partial charge in [-0.05, 0) is 26.8 Å². The van der Waals surface area contributed by atoms with Gasteiger partial charge in [-0.2, -0.15) is 5.10 Å². The molecule has 1 aromatic rings. The monoisotopic (exact) mass is 212 g/mol. The Morgan fingerprint density at radius 3 is 2.87 bits per heavy atom. The summed E-state index contributed by atoms with van der Waals surface area (Å²) in [4.78, 5) is 11.5. The molecule has 0 N–H and O–H groups in total. The smallest absolute Gasteiger partial charge is 0.356 e. The van der Waals surface area contributed by atoms with Gasteiger partial charge in [0.15, 0.2) is 0 Å². The van der Waals surface area contributed by atoms with Gasteiger partial charge in [0.25, 0.3) is 0 Å². The van der Waals surface area contributed by atoms with Crippen LogP contribution in [0.3, 0.4) is 0 Å². The van der Waals surface area contributed by atoms with Crippen LogP contribution in [0.15, 0.2) is 12.3 Å². The number of aromatic nitrogens is 2. The summed E-state index contributed by atoms with van der Waals surface area (Å²) in [5.41, 5.74) is 0.415. The molecule has 0 aromatic carbocycles. The van der Waals surface area contributed by atoms with Gasteiger partial charge in [-0.15, -0.1) is 0 Å². The van der Waals surface area contributed by atoms with Crippen LogP contribution in [-0.4, -0.2) is 29.0 Å². The number of esters is 1. The van der Waals surface area contributed by atoms with E-state index in [-0.39, 0.29) is 12.2 Å². The molecule has 0 radical (unpaired) electrons. The summed E-state index contributed by atoms with van der Waals surface area (Å²) in [6.07, 6.45) is 1.30. The Morgan fingerprint density at radius 1 is 1.53 bits per heavy atom. The Balaban J connectivity index is 2.81. The van der Waals surface area contributed by atoms with Gasteiger partial charge in [0, 0.05) is 12.8 Å². The maximum absolute atomic E-state index is 11.5. The molecule has 0 aliphatic heterocycles. The highest BCUT2D eigenvalue weighted by atomic mass is 16.5. The first kappa shape index (κ1) is 11.7. The van der Waals surface area contributed by atoms with Gasteiger partial charge >= 0.3 is 5.97 Å². The Hall–Kier alpha value is -1.36. The topological polar surface area (TPSA) is 53.3 Å². The van der Waals surface area contributed by atoms with E-state index in [9.17, 15) is 4.79 Å². The van der Waals surface area contributed by atoms with E-state index in [4.69, 9.17) is 9.47 Å². The van der Waals surface area contributed by atoms with Crippen LogP contribution in [0.5, 0.6) is 0 Å². The van der Waals surface area contributed by atoms with Gasteiger partial charge in [-0.1, -0.05) is 0 Å². The summed E-state index contributed by atoms with van der Waals surface area (Å²) in [5, 5.41) is 4.03. The van der Waals surface area contributed by atoms with E-state index in [0.717, 1.165) is 0 Å². The van der Waals surface area contributed by atoms with Crippen molar-refractivity contribution in [3.63, 3.8) is 0 Å². The first-order valence-electron chi connectivity index (χ1n) is 5.02. The van der Waals surface area contributed by atoms with Crippen LogP contribution in [0.25, 0.3) is 0 Å². The molecular weight excluding hydrogens is 196 g/mol. The summed E-state index contributed by atoms with van der Waals surface area (Å²) in [7, 11) is 0. The fourth-order valence-electron chi connectivity index (χ4n) is 1.28. The minimum absolute atomic E-state index is 0.260. The Labute approximate surface area is 89.0 Å². The number of rotatable bonds is 5. The zero-order valence-electron chi connectivity index (χ0n) is 9.27. The van der Waals surface area contributed by atoms with E-state index < -0.39 is 0 Å². The minimum atomic E-state index is -0.374. The molecule has 84 valence electrons. The van der Waals surface area contributed by atoms with Gasteiger partial charge in [0.2, 0.25) is 0 Å². The number of hydrogen-bond donors (Lipinski definition) is 0. The maximum atomic E-state index is 11.5. The number of ether oxygens (including phenoxy) is 2. The van der Waals surface area contributed by atoms with Crippen LogP contribution in [0.2, 0.25) is 0 Å². The third-order valence-electron chi connectivity index (χ3n) is 1.91. The molecule has 5 nitrogen and oxygen atoms in total. The lowest BCUT2D eigenvalue weighted by Gasteiger charge is -2.14. The maximum Gasteiger partial charge on any atom is 0.356 e. The largest absolute Gasteiger partial charge is 0.461 e. The summed E-state index contributed by atoms with van der Waals surface area (Å²) in [5.74, 6) is -0.374.